The SMILES string of the molecule is CCCn1ccnc1C(NC)c1cnc2ccccc2n1. The number of benzene rings is 1. The Labute approximate surface area is 124 Å². The van der Waals surface area contributed by atoms with Gasteiger partial charge in [-0.3, -0.25) is 4.98 Å². The Bertz CT molecular complexity index is 734. The summed E-state index contributed by atoms with van der Waals surface area (Å²) in [7, 11) is 1.92. The van der Waals surface area contributed by atoms with E-state index in [9.17, 15) is 0 Å². The summed E-state index contributed by atoms with van der Waals surface area (Å²) in [4.78, 5) is 13.7. The third-order valence-electron chi connectivity index (χ3n) is 3.52. The molecule has 1 N–H and O–H groups in total. The molecule has 0 saturated heterocycles. The Morgan fingerprint density at radius 2 is 2.00 bits per heavy atom. The number of fused-ring (bicyclic) bond motifs is 1. The third-order valence-corrected chi connectivity index (χ3v) is 3.52. The van der Waals surface area contributed by atoms with Gasteiger partial charge in [0.25, 0.3) is 0 Å². The predicted octanol–water partition coefficient (Wildman–Crippen LogP) is 2.55. The normalized spacial score (nSPS) is 12.7. The second-order valence-corrected chi connectivity index (χ2v) is 4.98. The van der Waals surface area contributed by atoms with E-state index in [-0.39, 0.29) is 6.04 Å². The fourth-order valence-electron chi connectivity index (χ4n) is 2.53. The highest BCUT2D eigenvalue weighted by Gasteiger charge is 2.19. The van der Waals surface area contributed by atoms with Gasteiger partial charge in [0.05, 0.1) is 22.9 Å². The molecule has 0 spiro atoms. The zero-order valence-electron chi connectivity index (χ0n) is 12.3. The van der Waals surface area contributed by atoms with Crippen LogP contribution in [0.3, 0.4) is 0 Å². The predicted molar refractivity (Wildman–Crippen MR) is 83.0 cm³/mol. The van der Waals surface area contributed by atoms with Crippen LogP contribution in [0, 0.1) is 0 Å². The topological polar surface area (TPSA) is 55.6 Å². The Kier molecular flexibility index (Phi) is 3.92. The maximum absolute atomic E-state index is 4.73. The van der Waals surface area contributed by atoms with Crippen LogP contribution in [0.5, 0.6) is 0 Å². The van der Waals surface area contributed by atoms with Gasteiger partial charge in [-0.25, -0.2) is 9.97 Å². The van der Waals surface area contributed by atoms with Crippen molar-refractivity contribution >= 4 is 11.0 Å². The van der Waals surface area contributed by atoms with E-state index in [1.54, 1.807) is 0 Å². The quantitative estimate of drug-likeness (QED) is 0.781. The fourth-order valence-corrected chi connectivity index (χ4v) is 2.53. The van der Waals surface area contributed by atoms with Crippen molar-refractivity contribution in [2.75, 3.05) is 7.05 Å². The van der Waals surface area contributed by atoms with Crippen LogP contribution in [0.15, 0.2) is 42.9 Å². The van der Waals surface area contributed by atoms with Gasteiger partial charge in [-0.05, 0) is 25.6 Å². The molecule has 0 radical (unpaired) electrons. The first-order valence-electron chi connectivity index (χ1n) is 7.23. The fraction of sp³-hybridized carbons (Fsp3) is 0.312. The number of hydrogen-bond donors (Lipinski definition) is 1. The second kappa shape index (κ2) is 6.01. The second-order valence-electron chi connectivity index (χ2n) is 4.98. The highest BCUT2D eigenvalue weighted by molar-refractivity contribution is 5.73. The van der Waals surface area contributed by atoms with Gasteiger partial charge in [-0.1, -0.05) is 19.1 Å². The maximum Gasteiger partial charge on any atom is 0.132 e. The van der Waals surface area contributed by atoms with Crippen LogP contribution in [0.25, 0.3) is 11.0 Å². The van der Waals surface area contributed by atoms with E-state index in [0.717, 1.165) is 35.5 Å². The molecule has 3 rings (SSSR count). The van der Waals surface area contributed by atoms with Crippen molar-refractivity contribution in [2.45, 2.75) is 25.9 Å². The molecule has 1 atom stereocenters. The summed E-state index contributed by atoms with van der Waals surface area (Å²) in [6.07, 6.45) is 6.75. The molecule has 5 heteroatoms. The minimum Gasteiger partial charge on any atom is -0.333 e. The summed E-state index contributed by atoms with van der Waals surface area (Å²) in [5.74, 6) is 0.976. The monoisotopic (exact) mass is 281 g/mol. The van der Waals surface area contributed by atoms with Gasteiger partial charge in [0.15, 0.2) is 0 Å². The van der Waals surface area contributed by atoms with E-state index in [4.69, 9.17) is 4.98 Å². The number of aromatic nitrogens is 4. The molecule has 2 aromatic heterocycles. The molecule has 0 bridgehead atoms. The van der Waals surface area contributed by atoms with Gasteiger partial charge in [0.2, 0.25) is 0 Å². The third kappa shape index (κ3) is 2.64. The highest BCUT2D eigenvalue weighted by atomic mass is 15.1. The Morgan fingerprint density at radius 1 is 1.19 bits per heavy atom. The molecule has 0 fully saturated rings. The molecule has 0 aliphatic rings. The summed E-state index contributed by atoms with van der Waals surface area (Å²) >= 11 is 0. The lowest BCUT2D eigenvalue weighted by Crippen LogP contribution is -2.23. The molecule has 5 nitrogen and oxygen atoms in total. The van der Waals surface area contributed by atoms with Crippen molar-refractivity contribution in [2.24, 2.45) is 0 Å². The minimum absolute atomic E-state index is 0.0522. The van der Waals surface area contributed by atoms with Crippen LogP contribution >= 0.6 is 0 Å². The van der Waals surface area contributed by atoms with Gasteiger partial charge < -0.3 is 9.88 Å². The molecule has 21 heavy (non-hydrogen) atoms. The van der Waals surface area contributed by atoms with Gasteiger partial charge in [-0.15, -0.1) is 0 Å². The lowest BCUT2D eigenvalue weighted by molar-refractivity contribution is 0.559. The largest absolute Gasteiger partial charge is 0.333 e. The average molecular weight is 281 g/mol. The Morgan fingerprint density at radius 3 is 2.76 bits per heavy atom. The van der Waals surface area contributed by atoms with Gasteiger partial charge in [-0.2, -0.15) is 0 Å². The molecule has 2 heterocycles. The van der Waals surface area contributed by atoms with Crippen molar-refractivity contribution in [1.82, 2.24) is 24.8 Å². The van der Waals surface area contributed by atoms with Crippen LogP contribution in [-0.2, 0) is 6.54 Å². The molecule has 0 amide bonds. The van der Waals surface area contributed by atoms with E-state index in [2.05, 4.69) is 26.8 Å². The van der Waals surface area contributed by atoms with E-state index < -0.39 is 0 Å². The number of imidazole rings is 1. The summed E-state index contributed by atoms with van der Waals surface area (Å²) < 4.78 is 2.16. The zero-order valence-corrected chi connectivity index (χ0v) is 12.3. The number of para-hydroxylation sites is 2. The van der Waals surface area contributed by atoms with Crippen molar-refractivity contribution in [3.63, 3.8) is 0 Å². The lowest BCUT2D eigenvalue weighted by Gasteiger charge is -2.17. The van der Waals surface area contributed by atoms with E-state index >= 15 is 0 Å². The van der Waals surface area contributed by atoms with Crippen molar-refractivity contribution in [1.29, 1.82) is 0 Å². The summed E-state index contributed by atoms with van der Waals surface area (Å²) in [5.41, 5.74) is 2.71. The number of nitrogens with one attached hydrogen (secondary N) is 1. The number of hydrogen-bond acceptors (Lipinski definition) is 4. The number of rotatable bonds is 5. The van der Waals surface area contributed by atoms with E-state index in [1.807, 2.05) is 49.9 Å². The van der Waals surface area contributed by atoms with Crippen LogP contribution in [0.4, 0.5) is 0 Å². The maximum atomic E-state index is 4.73. The van der Waals surface area contributed by atoms with E-state index in [0.29, 0.717) is 0 Å². The van der Waals surface area contributed by atoms with Gasteiger partial charge >= 0.3 is 0 Å². The van der Waals surface area contributed by atoms with Crippen molar-refractivity contribution < 1.29 is 0 Å². The first kappa shape index (κ1) is 13.7. The summed E-state index contributed by atoms with van der Waals surface area (Å²) in [5, 5.41) is 3.30. The van der Waals surface area contributed by atoms with Crippen molar-refractivity contribution in [3.8, 4) is 0 Å². The average Bonchev–Trinajstić information content (AvgIpc) is 2.97. The first-order chi connectivity index (χ1) is 10.3. The van der Waals surface area contributed by atoms with Crippen LogP contribution in [-0.4, -0.2) is 26.6 Å². The minimum atomic E-state index is -0.0522. The van der Waals surface area contributed by atoms with Gasteiger partial charge in [0.1, 0.15) is 11.9 Å². The molecular formula is C16H19N5. The summed E-state index contributed by atoms with van der Waals surface area (Å²) in [6, 6.07) is 7.85. The first-order valence-corrected chi connectivity index (χ1v) is 7.23. The lowest BCUT2D eigenvalue weighted by atomic mass is 10.2. The molecule has 1 aromatic carbocycles. The molecule has 0 aliphatic carbocycles. The van der Waals surface area contributed by atoms with Crippen molar-refractivity contribution in [3.05, 3.63) is 54.4 Å². The van der Waals surface area contributed by atoms with Crippen LogP contribution in [0.1, 0.15) is 30.9 Å². The molecule has 108 valence electrons. The molecule has 0 saturated carbocycles. The van der Waals surface area contributed by atoms with E-state index in [1.165, 1.54) is 0 Å². The van der Waals surface area contributed by atoms with Gasteiger partial charge in [0, 0.05) is 18.9 Å². The standard InChI is InChI=1S/C16H19N5/c1-3-9-21-10-8-18-16(21)15(17-2)14-11-19-12-6-4-5-7-13(12)20-14/h4-8,10-11,15,17H,3,9H2,1-2H3. The van der Waals surface area contributed by atoms with Crippen LogP contribution in [0.2, 0.25) is 0 Å². The molecular weight excluding hydrogens is 262 g/mol. The summed E-state index contributed by atoms with van der Waals surface area (Å²) in [6.45, 7) is 3.11. The smallest absolute Gasteiger partial charge is 0.132 e. The van der Waals surface area contributed by atoms with Crippen LogP contribution < -0.4 is 5.32 Å². The molecule has 3 aromatic rings. The molecule has 1 unspecified atom stereocenters. The highest BCUT2D eigenvalue weighted by Crippen LogP contribution is 2.20. The Balaban J connectivity index is 2.03. The number of nitrogens with zero attached hydrogens (tertiary/aromatic N) is 4. The zero-order chi connectivity index (χ0) is 14.7. The Hall–Kier alpha value is -2.27. The molecule has 0 aliphatic heterocycles. The number of aryl methyl sites for hydroxylation is 1.